The first-order valence-electron chi connectivity index (χ1n) is 7.00. The first-order valence-corrected chi connectivity index (χ1v) is 7.38. The third-order valence-corrected chi connectivity index (χ3v) is 4.62. The van der Waals surface area contributed by atoms with Crippen LogP contribution < -0.4 is 5.32 Å². The number of hydrogen-bond acceptors (Lipinski definition) is 2. The molecule has 1 aromatic carbocycles. The fourth-order valence-electron chi connectivity index (χ4n) is 3.25. The summed E-state index contributed by atoms with van der Waals surface area (Å²) in [6.07, 6.45) is 4.79. The molecular weight excluding hydrogens is 339 g/mol. The molecule has 0 aliphatic carbocycles. The minimum atomic E-state index is 0. The highest BCUT2D eigenvalue weighted by atomic mass is 35.5. The molecule has 2 atom stereocenters. The van der Waals surface area contributed by atoms with E-state index in [2.05, 4.69) is 48.4 Å². The molecule has 1 N–H and O–H groups in total. The molecule has 0 amide bonds. The second-order valence-electron chi connectivity index (χ2n) is 6.01. The molecule has 2 heterocycles. The van der Waals surface area contributed by atoms with Crippen LogP contribution in [0.1, 0.15) is 43.4 Å². The maximum Gasteiger partial charge on any atom is 0.0453 e. The molecule has 0 bridgehead atoms. The third-order valence-electron chi connectivity index (χ3n) is 4.28. The molecule has 3 rings (SSSR count). The Balaban J connectivity index is 0.00000121. The number of rotatable bonds is 2. The van der Waals surface area contributed by atoms with E-state index in [-0.39, 0.29) is 30.4 Å². The van der Waals surface area contributed by atoms with Gasteiger partial charge in [0.15, 0.2) is 0 Å². The molecule has 2 aromatic rings. The molecule has 1 aromatic heterocycles. The van der Waals surface area contributed by atoms with Gasteiger partial charge in [-0.15, -0.1) is 24.8 Å². The van der Waals surface area contributed by atoms with Crippen LogP contribution in [0.4, 0.5) is 0 Å². The maximum absolute atomic E-state index is 6.34. The van der Waals surface area contributed by atoms with E-state index in [9.17, 15) is 0 Å². The second-order valence-corrected chi connectivity index (χ2v) is 6.42. The molecule has 2 nitrogen and oxygen atoms in total. The van der Waals surface area contributed by atoms with Crippen LogP contribution in [-0.4, -0.2) is 10.5 Å². The van der Waals surface area contributed by atoms with Crippen LogP contribution in [-0.2, 0) is 0 Å². The van der Waals surface area contributed by atoms with Gasteiger partial charge in [-0.05, 0) is 49.6 Å². The van der Waals surface area contributed by atoms with Crippen molar-refractivity contribution in [1.82, 2.24) is 10.3 Å². The first-order chi connectivity index (χ1) is 9.58. The molecule has 0 spiro atoms. The zero-order valence-electron chi connectivity index (χ0n) is 12.6. The van der Waals surface area contributed by atoms with E-state index >= 15 is 0 Å². The Morgan fingerprint density at radius 2 is 1.73 bits per heavy atom. The molecule has 0 radical (unpaired) electrons. The molecule has 1 aliphatic heterocycles. The number of aromatic nitrogens is 1. The van der Waals surface area contributed by atoms with Gasteiger partial charge in [0.2, 0.25) is 0 Å². The molecule has 1 fully saturated rings. The number of nitrogens with one attached hydrogen (secondary N) is 1. The summed E-state index contributed by atoms with van der Waals surface area (Å²) in [5.74, 6) is 0.465. The SMILES string of the molecule is CC1(C)N[C@H](c2ccccc2Cl)C[C@@H]1c1ccncc1.Cl.Cl. The van der Waals surface area contributed by atoms with Gasteiger partial charge in [-0.1, -0.05) is 29.8 Å². The van der Waals surface area contributed by atoms with Crippen molar-refractivity contribution < 1.29 is 0 Å². The molecule has 1 aliphatic rings. The number of halogens is 3. The van der Waals surface area contributed by atoms with E-state index in [1.54, 1.807) is 0 Å². The third kappa shape index (κ3) is 3.75. The van der Waals surface area contributed by atoms with Crippen molar-refractivity contribution in [1.29, 1.82) is 0 Å². The lowest BCUT2D eigenvalue weighted by Crippen LogP contribution is -2.37. The zero-order chi connectivity index (χ0) is 14.2. The summed E-state index contributed by atoms with van der Waals surface area (Å²) >= 11 is 6.34. The second kappa shape index (κ2) is 7.65. The Bertz CT molecular complexity index is 602. The minimum absolute atomic E-state index is 0. The van der Waals surface area contributed by atoms with Crippen LogP contribution in [0, 0.1) is 0 Å². The Labute approximate surface area is 149 Å². The van der Waals surface area contributed by atoms with Gasteiger partial charge in [0.05, 0.1) is 0 Å². The highest BCUT2D eigenvalue weighted by molar-refractivity contribution is 6.31. The predicted molar refractivity (Wildman–Crippen MR) is 97.5 cm³/mol. The van der Waals surface area contributed by atoms with Gasteiger partial charge >= 0.3 is 0 Å². The quantitative estimate of drug-likeness (QED) is 0.799. The van der Waals surface area contributed by atoms with Gasteiger partial charge in [-0.2, -0.15) is 0 Å². The molecule has 0 saturated carbocycles. The zero-order valence-corrected chi connectivity index (χ0v) is 15.0. The van der Waals surface area contributed by atoms with Crippen molar-refractivity contribution in [3.05, 3.63) is 64.9 Å². The lowest BCUT2D eigenvalue weighted by Gasteiger charge is -2.27. The average molecular weight is 360 g/mol. The maximum atomic E-state index is 6.34. The van der Waals surface area contributed by atoms with Gasteiger partial charge < -0.3 is 5.32 Å². The van der Waals surface area contributed by atoms with Gasteiger partial charge in [0.1, 0.15) is 0 Å². The first kappa shape index (κ1) is 19.2. The number of pyridine rings is 1. The van der Waals surface area contributed by atoms with Crippen LogP contribution >= 0.6 is 36.4 Å². The van der Waals surface area contributed by atoms with E-state index in [1.807, 2.05) is 24.5 Å². The van der Waals surface area contributed by atoms with E-state index in [0.717, 1.165) is 11.4 Å². The summed E-state index contributed by atoms with van der Waals surface area (Å²) in [6, 6.07) is 12.6. The molecular formula is C17H21Cl3N2. The fourth-order valence-corrected chi connectivity index (χ4v) is 3.52. The summed E-state index contributed by atoms with van der Waals surface area (Å²) in [5, 5.41) is 4.57. The van der Waals surface area contributed by atoms with E-state index in [1.165, 1.54) is 11.1 Å². The number of benzene rings is 1. The predicted octanol–water partition coefficient (Wildman–Crippen LogP) is 5.18. The minimum Gasteiger partial charge on any atom is -0.304 e. The van der Waals surface area contributed by atoms with Crippen molar-refractivity contribution in [3.63, 3.8) is 0 Å². The van der Waals surface area contributed by atoms with Gasteiger partial charge in [-0.3, -0.25) is 4.98 Å². The summed E-state index contributed by atoms with van der Waals surface area (Å²) in [6.45, 7) is 4.52. The summed E-state index contributed by atoms with van der Waals surface area (Å²) in [7, 11) is 0. The van der Waals surface area contributed by atoms with E-state index in [0.29, 0.717) is 12.0 Å². The lowest BCUT2D eigenvalue weighted by molar-refractivity contribution is 0.397. The van der Waals surface area contributed by atoms with Crippen LogP contribution in [0.2, 0.25) is 5.02 Å². The molecule has 120 valence electrons. The highest BCUT2D eigenvalue weighted by Crippen LogP contribution is 2.44. The topological polar surface area (TPSA) is 24.9 Å². The summed E-state index contributed by atoms with van der Waals surface area (Å²) in [5.41, 5.74) is 2.58. The molecule has 22 heavy (non-hydrogen) atoms. The van der Waals surface area contributed by atoms with Crippen LogP contribution in [0.5, 0.6) is 0 Å². The van der Waals surface area contributed by atoms with E-state index in [4.69, 9.17) is 11.6 Å². The van der Waals surface area contributed by atoms with Crippen molar-refractivity contribution >= 4 is 36.4 Å². The monoisotopic (exact) mass is 358 g/mol. The lowest BCUT2D eigenvalue weighted by atomic mass is 9.83. The normalized spacial score (nSPS) is 22.5. The largest absolute Gasteiger partial charge is 0.304 e. The van der Waals surface area contributed by atoms with Crippen molar-refractivity contribution in [2.75, 3.05) is 0 Å². The van der Waals surface area contributed by atoms with Crippen LogP contribution in [0.3, 0.4) is 0 Å². The molecule has 5 heteroatoms. The number of nitrogens with zero attached hydrogens (tertiary/aromatic N) is 1. The fraction of sp³-hybridized carbons (Fsp3) is 0.353. The Kier molecular flexibility index (Phi) is 6.69. The van der Waals surface area contributed by atoms with Gasteiger partial charge in [0.25, 0.3) is 0 Å². The average Bonchev–Trinajstić information content (AvgIpc) is 2.76. The summed E-state index contributed by atoms with van der Waals surface area (Å²) < 4.78 is 0. The van der Waals surface area contributed by atoms with Gasteiger partial charge in [0, 0.05) is 34.9 Å². The van der Waals surface area contributed by atoms with E-state index < -0.39 is 0 Å². The van der Waals surface area contributed by atoms with Crippen molar-refractivity contribution in [2.24, 2.45) is 0 Å². The van der Waals surface area contributed by atoms with Gasteiger partial charge in [-0.25, -0.2) is 0 Å². The number of hydrogen-bond donors (Lipinski definition) is 1. The summed E-state index contributed by atoms with van der Waals surface area (Å²) in [4.78, 5) is 4.11. The Hall–Kier alpha value is -0.800. The van der Waals surface area contributed by atoms with Crippen LogP contribution in [0.15, 0.2) is 48.8 Å². The van der Waals surface area contributed by atoms with Crippen molar-refractivity contribution in [3.8, 4) is 0 Å². The standard InChI is InChI=1S/C17H19ClN2.2ClH/c1-17(2)14(12-7-9-19-10-8-12)11-16(20-17)13-5-3-4-6-15(13)18;;/h3-10,14,16,20H,11H2,1-2H3;2*1H/t14-,16+;;/m1../s1. The van der Waals surface area contributed by atoms with Crippen LogP contribution in [0.25, 0.3) is 0 Å². The highest BCUT2D eigenvalue weighted by Gasteiger charge is 2.41. The Morgan fingerprint density at radius 1 is 1.09 bits per heavy atom. The smallest absolute Gasteiger partial charge is 0.0453 e. The molecule has 0 unspecified atom stereocenters. The van der Waals surface area contributed by atoms with Crippen molar-refractivity contribution in [2.45, 2.75) is 37.8 Å². The Morgan fingerprint density at radius 3 is 2.36 bits per heavy atom. The molecule has 1 saturated heterocycles.